The van der Waals surface area contributed by atoms with E-state index in [-0.39, 0.29) is 0 Å². The molecule has 2 rings (SSSR count). The fraction of sp³-hybridized carbons (Fsp3) is 0.533. The van der Waals surface area contributed by atoms with Crippen LogP contribution in [0.1, 0.15) is 37.7 Å². The minimum atomic E-state index is 0.469. The van der Waals surface area contributed by atoms with Crippen LogP contribution in [0.2, 0.25) is 0 Å². The monoisotopic (exact) mass is 245 g/mol. The van der Waals surface area contributed by atoms with Crippen LogP contribution in [0.5, 0.6) is 5.75 Å². The zero-order valence-corrected chi connectivity index (χ0v) is 10.6. The van der Waals surface area contributed by atoms with Gasteiger partial charge in [0.2, 0.25) is 0 Å². The van der Waals surface area contributed by atoms with E-state index in [4.69, 9.17) is 14.7 Å². The lowest BCUT2D eigenvalue weighted by Crippen LogP contribution is -2.11. The molecule has 0 unspecified atom stereocenters. The van der Waals surface area contributed by atoms with Gasteiger partial charge < -0.3 is 9.47 Å². The maximum absolute atomic E-state index is 8.91. The normalized spacial score (nSPS) is 15.5. The second kappa shape index (κ2) is 7.03. The first-order valence-corrected chi connectivity index (χ1v) is 6.63. The van der Waals surface area contributed by atoms with E-state index in [1.54, 1.807) is 6.07 Å². The van der Waals surface area contributed by atoms with Crippen LogP contribution >= 0.6 is 0 Å². The van der Waals surface area contributed by atoms with Gasteiger partial charge in [0.15, 0.2) is 0 Å². The molecule has 0 saturated heterocycles. The van der Waals surface area contributed by atoms with E-state index in [1.165, 1.54) is 25.7 Å². The first-order chi connectivity index (χ1) is 8.90. The maximum Gasteiger partial charge on any atom is 0.137 e. The molecule has 0 atom stereocenters. The Bertz CT molecular complexity index is 405. The molecule has 96 valence electrons. The Hall–Kier alpha value is -1.53. The van der Waals surface area contributed by atoms with Crippen molar-refractivity contribution in [1.82, 2.24) is 0 Å². The molecule has 1 aliphatic carbocycles. The van der Waals surface area contributed by atoms with Gasteiger partial charge in [-0.25, -0.2) is 0 Å². The van der Waals surface area contributed by atoms with E-state index < -0.39 is 0 Å². The summed E-state index contributed by atoms with van der Waals surface area (Å²) in [4.78, 5) is 0. The molecule has 1 aromatic carbocycles. The fourth-order valence-electron chi connectivity index (χ4n) is 2.23. The highest BCUT2D eigenvalue weighted by molar-refractivity contribution is 5.42. The van der Waals surface area contributed by atoms with Gasteiger partial charge >= 0.3 is 0 Å². The quantitative estimate of drug-likeness (QED) is 0.722. The minimum absolute atomic E-state index is 0.469. The molecule has 1 fully saturated rings. The smallest absolute Gasteiger partial charge is 0.137 e. The Balaban J connectivity index is 1.64. The number of ether oxygens (including phenoxy) is 2. The summed E-state index contributed by atoms with van der Waals surface area (Å²) in [5.41, 5.74) is 0.592. The molecule has 0 bridgehead atoms. The molecule has 3 heteroatoms. The molecule has 0 N–H and O–H groups in total. The highest BCUT2D eigenvalue weighted by atomic mass is 16.5. The SMILES string of the molecule is N#Cc1ccccc1OCCCOC1CCCC1. The summed E-state index contributed by atoms with van der Waals surface area (Å²) in [5, 5.41) is 8.91. The average Bonchev–Trinajstić information content (AvgIpc) is 2.92. The fourth-order valence-corrected chi connectivity index (χ4v) is 2.23. The van der Waals surface area contributed by atoms with Crippen LogP contribution in [-0.2, 0) is 4.74 Å². The number of rotatable bonds is 6. The topological polar surface area (TPSA) is 42.2 Å². The Morgan fingerprint density at radius 2 is 1.94 bits per heavy atom. The van der Waals surface area contributed by atoms with Crippen molar-refractivity contribution in [2.24, 2.45) is 0 Å². The van der Waals surface area contributed by atoms with Crippen LogP contribution in [-0.4, -0.2) is 19.3 Å². The van der Waals surface area contributed by atoms with Crippen molar-refractivity contribution in [2.75, 3.05) is 13.2 Å². The molecule has 0 radical (unpaired) electrons. The second-order valence-electron chi connectivity index (χ2n) is 4.59. The van der Waals surface area contributed by atoms with E-state index in [0.717, 1.165) is 13.0 Å². The lowest BCUT2D eigenvalue weighted by molar-refractivity contribution is 0.0505. The van der Waals surface area contributed by atoms with E-state index in [2.05, 4.69) is 6.07 Å². The van der Waals surface area contributed by atoms with Gasteiger partial charge in [-0.15, -0.1) is 0 Å². The number of hydrogen-bond acceptors (Lipinski definition) is 3. The van der Waals surface area contributed by atoms with Crippen LogP contribution in [0.3, 0.4) is 0 Å². The summed E-state index contributed by atoms with van der Waals surface area (Å²) < 4.78 is 11.3. The molecular formula is C15H19NO2. The Kier molecular flexibility index (Phi) is 5.04. The number of nitriles is 1. The molecule has 0 amide bonds. The van der Waals surface area contributed by atoms with Crippen LogP contribution in [0.15, 0.2) is 24.3 Å². The van der Waals surface area contributed by atoms with E-state index in [1.807, 2.05) is 18.2 Å². The summed E-state index contributed by atoms with van der Waals surface area (Å²) >= 11 is 0. The zero-order valence-electron chi connectivity index (χ0n) is 10.6. The van der Waals surface area contributed by atoms with Gasteiger partial charge in [0.1, 0.15) is 11.8 Å². The van der Waals surface area contributed by atoms with Crippen molar-refractivity contribution >= 4 is 0 Å². The number of para-hydroxylation sites is 1. The predicted octanol–water partition coefficient (Wildman–Crippen LogP) is 3.29. The summed E-state index contributed by atoms with van der Waals surface area (Å²) in [7, 11) is 0. The van der Waals surface area contributed by atoms with Crippen LogP contribution in [0, 0.1) is 11.3 Å². The van der Waals surface area contributed by atoms with Gasteiger partial charge in [-0.1, -0.05) is 25.0 Å². The molecule has 1 aliphatic rings. The molecule has 0 heterocycles. The minimum Gasteiger partial charge on any atom is -0.492 e. The van der Waals surface area contributed by atoms with Gasteiger partial charge in [-0.3, -0.25) is 0 Å². The summed E-state index contributed by atoms with van der Waals surface area (Å²) in [6, 6.07) is 9.44. The molecule has 3 nitrogen and oxygen atoms in total. The van der Waals surface area contributed by atoms with Gasteiger partial charge in [0.25, 0.3) is 0 Å². The Morgan fingerprint density at radius 1 is 1.17 bits per heavy atom. The van der Waals surface area contributed by atoms with Gasteiger partial charge in [0.05, 0.1) is 24.9 Å². The third kappa shape index (κ3) is 3.75. The van der Waals surface area contributed by atoms with Gasteiger partial charge in [0, 0.05) is 6.42 Å². The molecule has 1 aromatic rings. The summed E-state index contributed by atoms with van der Waals surface area (Å²) in [6.07, 6.45) is 6.36. The number of benzene rings is 1. The van der Waals surface area contributed by atoms with Crippen molar-refractivity contribution in [1.29, 1.82) is 5.26 Å². The van der Waals surface area contributed by atoms with Crippen LogP contribution in [0.25, 0.3) is 0 Å². The molecule has 18 heavy (non-hydrogen) atoms. The molecule has 1 saturated carbocycles. The zero-order chi connectivity index (χ0) is 12.6. The largest absolute Gasteiger partial charge is 0.492 e. The molecule has 0 aliphatic heterocycles. The van der Waals surface area contributed by atoms with Crippen molar-refractivity contribution in [2.45, 2.75) is 38.2 Å². The van der Waals surface area contributed by atoms with E-state index >= 15 is 0 Å². The molecule has 0 spiro atoms. The predicted molar refractivity (Wildman–Crippen MR) is 69.5 cm³/mol. The van der Waals surface area contributed by atoms with Crippen molar-refractivity contribution < 1.29 is 9.47 Å². The van der Waals surface area contributed by atoms with Crippen LogP contribution in [0.4, 0.5) is 0 Å². The third-order valence-electron chi connectivity index (χ3n) is 3.21. The standard InChI is InChI=1S/C15H19NO2/c16-12-13-6-1-4-9-15(13)18-11-5-10-17-14-7-2-3-8-14/h1,4,6,9,14H,2-3,5,7-8,10-11H2. The molecule has 0 aromatic heterocycles. The first kappa shape index (κ1) is 12.9. The van der Waals surface area contributed by atoms with Crippen molar-refractivity contribution in [3.63, 3.8) is 0 Å². The summed E-state index contributed by atoms with van der Waals surface area (Å²) in [5.74, 6) is 0.667. The van der Waals surface area contributed by atoms with Crippen molar-refractivity contribution in [3.05, 3.63) is 29.8 Å². The lowest BCUT2D eigenvalue weighted by Gasteiger charge is -2.11. The second-order valence-corrected chi connectivity index (χ2v) is 4.59. The molecular weight excluding hydrogens is 226 g/mol. The van der Waals surface area contributed by atoms with Gasteiger partial charge in [-0.05, 0) is 25.0 Å². The van der Waals surface area contributed by atoms with E-state index in [9.17, 15) is 0 Å². The first-order valence-electron chi connectivity index (χ1n) is 6.63. The summed E-state index contributed by atoms with van der Waals surface area (Å²) in [6.45, 7) is 1.35. The lowest BCUT2D eigenvalue weighted by atomic mass is 10.2. The highest BCUT2D eigenvalue weighted by Gasteiger charge is 2.14. The van der Waals surface area contributed by atoms with E-state index in [0.29, 0.717) is 24.0 Å². The highest BCUT2D eigenvalue weighted by Crippen LogP contribution is 2.21. The Labute approximate surface area is 108 Å². The maximum atomic E-state index is 8.91. The third-order valence-corrected chi connectivity index (χ3v) is 3.21. The van der Waals surface area contributed by atoms with Crippen LogP contribution < -0.4 is 4.74 Å². The average molecular weight is 245 g/mol. The number of nitrogens with zero attached hydrogens (tertiary/aromatic N) is 1. The van der Waals surface area contributed by atoms with Gasteiger partial charge in [-0.2, -0.15) is 5.26 Å². The number of hydrogen-bond donors (Lipinski definition) is 0. The Morgan fingerprint density at radius 3 is 2.72 bits per heavy atom. The van der Waals surface area contributed by atoms with Crippen molar-refractivity contribution in [3.8, 4) is 11.8 Å².